The normalized spacial score (nSPS) is 19.9. The number of nitrogens with zero attached hydrogens (tertiary/aromatic N) is 5. The Hall–Kier alpha value is -2.24. The highest BCUT2D eigenvalue weighted by atomic mass is 16.6. The van der Waals surface area contributed by atoms with Gasteiger partial charge in [0.25, 0.3) is 0 Å². The molecule has 110 valence electrons. The maximum absolute atomic E-state index is 11.2. The first-order valence-corrected chi connectivity index (χ1v) is 6.94. The summed E-state index contributed by atoms with van der Waals surface area (Å²) in [5, 5.41) is 23.5. The molecule has 0 saturated carbocycles. The van der Waals surface area contributed by atoms with Crippen LogP contribution in [0.3, 0.4) is 0 Å². The topological polar surface area (TPSA) is 98.3 Å². The van der Waals surface area contributed by atoms with Gasteiger partial charge in [-0.05, 0) is 6.07 Å². The van der Waals surface area contributed by atoms with Gasteiger partial charge in [-0.15, -0.1) is 0 Å². The summed E-state index contributed by atoms with van der Waals surface area (Å²) in [6.07, 6.45) is 1.46. The molecule has 0 spiro atoms. The molecule has 0 bridgehead atoms. The molecular formula is C13H16N6O2. The van der Waals surface area contributed by atoms with Crippen molar-refractivity contribution in [2.45, 2.75) is 6.04 Å². The number of aromatic nitrogens is 1. The van der Waals surface area contributed by atoms with Crippen molar-refractivity contribution in [2.75, 3.05) is 44.2 Å². The molecule has 2 saturated heterocycles. The molecule has 0 aromatic carbocycles. The van der Waals surface area contributed by atoms with Gasteiger partial charge in [0, 0.05) is 51.5 Å². The number of piperazine rings is 1. The van der Waals surface area contributed by atoms with Gasteiger partial charge in [0.2, 0.25) is 5.82 Å². The number of nitro groups is 1. The molecule has 21 heavy (non-hydrogen) atoms. The van der Waals surface area contributed by atoms with Crippen molar-refractivity contribution in [3.63, 3.8) is 0 Å². The van der Waals surface area contributed by atoms with E-state index in [-0.39, 0.29) is 11.3 Å². The smallest absolute Gasteiger partial charge is 0.329 e. The van der Waals surface area contributed by atoms with Crippen molar-refractivity contribution < 1.29 is 4.92 Å². The van der Waals surface area contributed by atoms with E-state index in [2.05, 4.69) is 15.2 Å². The first kappa shape index (κ1) is 13.7. The van der Waals surface area contributed by atoms with Crippen LogP contribution in [-0.2, 0) is 0 Å². The van der Waals surface area contributed by atoms with Crippen molar-refractivity contribution in [1.29, 1.82) is 5.26 Å². The lowest BCUT2D eigenvalue weighted by Gasteiger charge is -2.43. The van der Waals surface area contributed by atoms with Crippen LogP contribution in [0.5, 0.6) is 0 Å². The Kier molecular flexibility index (Phi) is 3.68. The highest BCUT2D eigenvalue weighted by Crippen LogP contribution is 2.29. The molecule has 0 radical (unpaired) electrons. The summed E-state index contributed by atoms with van der Waals surface area (Å²) < 4.78 is 0. The summed E-state index contributed by atoms with van der Waals surface area (Å²) >= 11 is 0. The molecule has 3 heterocycles. The fraction of sp³-hybridized carbons (Fsp3) is 0.538. The second kappa shape index (κ2) is 5.63. The van der Waals surface area contributed by atoms with Crippen molar-refractivity contribution in [3.8, 4) is 6.07 Å². The van der Waals surface area contributed by atoms with Gasteiger partial charge >= 0.3 is 5.69 Å². The highest BCUT2D eigenvalue weighted by molar-refractivity contribution is 5.65. The molecule has 8 heteroatoms. The number of nitrogens with one attached hydrogen (secondary N) is 1. The Morgan fingerprint density at radius 3 is 2.62 bits per heavy atom. The van der Waals surface area contributed by atoms with E-state index in [0.29, 0.717) is 24.9 Å². The lowest BCUT2D eigenvalue weighted by atomic mass is 10.1. The van der Waals surface area contributed by atoms with Crippen molar-refractivity contribution in [1.82, 2.24) is 15.2 Å². The molecule has 2 fully saturated rings. The van der Waals surface area contributed by atoms with E-state index >= 15 is 0 Å². The van der Waals surface area contributed by atoms with Crippen molar-refractivity contribution in [2.24, 2.45) is 0 Å². The molecule has 3 rings (SSSR count). The third-order valence-electron chi connectivity index (χ3n) is 4.10. The molecule has 2 aliphatic rings. The zero-order chi connectivity index (χ0) is 14.8. The average molecular weight is 288 g/mol. The van der Waals surface area contributed by atoms with Crippen molar-refractivity contribution >= 4 is 11.5 Å². The summed E-state index contributed by atoms with van der Waals surface area (Å²) in [6.45, 7) is 5.15. The summed E-state index contributed by atoms with van der Waals surface area (Å²) in [5.74, 6) is 0.311. The summed E-state index contributed by atoms with van der Waals surface area (Å²) in [7, 11) is 0. The average Bonchev–Trinajstić information content (AvgIpc) is 2.45. The number of hydrogen-bond acceptors (Lipinski definition) is 7. The van der Waals surface area contributed by atoms with Gasteiger partial charge in [-0.2, -0.15) is 5.26 Å². The first-order chi connectivity index (χ1) is 10.2. The Balaban J connectivity index is 1.79. The Morgan fingerprint density at radius 2 is 2.10 bits per heavy atom. The summed E-state index contributed by atoms with van der Waals surface area (Å²) in [4.78, 5) is 19.2. The molecule has 0 aliphatic carbocycles. The van der Waals surface area contributed by atoms with Crippen LogP contribution >= 0.6 is 0 Å². The third kappa shape index (κ3) is 2.53. The van der Waals surface area contributed by atoms with E-state index in [9.17, 15) is 10.1 Å². The SMILES string of the molecule is N#Cc1ccnc(N2CCN(C3CNC3)CC2)c1[N+](=O)[O-]. The van der Waals surface area contributed by atoms with E-state index in [4.69, 9.17) is 5.26 Å². The van der Waals surface area contributed by atoms with Crippen LogP contribution in [0, 0.1) is 21.4 Å². The Morgan fingerprint density at radius 1 is 1.38 bits per heavy atom. The highest BCUT2D eigenvalue weighted by Gasteiger charge is 2.31. The van der Waals surface area contributed by atoms with Crippen LogP contribution in [0.1, 0.15) is 5.56 Å². The molecular weight excluding hydrogens is 272 g/mol. The van der Waals surface area contributed by atoms with Crippen LogP contribution in [0.25, 0.3) is 0 Å². The van der Waals surface area contributed by atoms with Crippen LogP contribution in [0.2, 0.25) is 0 Å². The van der Waals surface area contributed by atoms with Crippen LogP contribution in [0.15, 0.2) is 12.3 Å². The standard InChI is InChI=1S/C13H16N6O2/c14-7-10-1-2-16-13(12(10)19(20)21)18-5-3-17(4-6-18)11-8-15-9-11/h1-2,11,15H,3-6,8-9H2. The van der Waals surface area contributed by atoms with Gasteiger partial charge in [0.05, 0.1) is 4.92 Å². The summed E-state index contributed by atoms with van der Waals surface area (Å²) in [5.41, 5.74) is -0.116. The van der Waals surface area contributed by atoms with Gasteiger partial charge in [-0.3, -0.25) is 15.0 Å². The van der Waals surface area contributed by atoms with Crippen molar-refractivity contribution in [3.05, 3.63) is 27.9 Å². The van der Waals surface area contributed by atoms with Crippen LogP contribution in [-0.4, -0.2) is 60.1 Å². The lowest BCUT2D eigenvalue weighted by molar-refractivity contribution is -0.384. The molecule has 0 atom stereocenters. The maximum Gasteiger partial charge on any atom is 0.329 e. The zero-order valence-corrected chi connectivity index (χ0v) is 11.5. The lowest BCUT2D eigenvalue weighted by Crippen LogP contribution is -2.61. The van der Waals surface area contributed by atoms with Gasteiger partial charge in [-0.1, -0.05) is 0 Å². The van der Waals surface area contributed by atoms with E-state index in [0.717, 1.165) is 26.2 Å². The number of nitriles is 1. The van der Waals surface area contributed by atoms with E-state index in [1.54, 1.807) is 0 Å². The van der Waals surface area contributed by atoms with Gasteiger partial charge in [0.1, 0.15) is 11.6 Å². The second-order valence-electron chi connectivity index (χ2n) is 5.23. The zero-order valence-electron chi connectivity index (χ0n) is 11.5. The van der Waals surface area contributed by atoms with Gasteiger partial charge in [0.15, 0.2) is 0 Å². The minimum absolute atomic E-state index is 0.0654. The minimum atomic E-state index is -0.511. The first-order valence-electron chi connectivity index (χ1n) is 6.94. The maximum atomic E-state index is 11.2. The minimum Gasteiger partial charge on any atom is -0.348 e. The van der Waals surface area contributed by atoms with Gasteiger partial charge in [-0.25, -0.2) is 4.98 Å². The predicted molar refractivity (Wildman–Crippen MR) is 76.1 cm³/mol. The van der Waals surface area contributed by atoms with E-state index < -0.39 is 4.92 Å². The number of anilines is 1. The van der Waals surface area contributed by atoms with Crippen LogP contribution < -0.4 is 10.2 Å². The quantitative estimate of drug-likeness (QED) is 0.615. The molecule has 1 aromatic rings. The van der Waals surface area contributed by atoms with E-state index in [1.807, 2.05) is 11.0 Å². The molecule has 0 unspecified atom stereocenters. The predicted octanol–water partition coefficient (Wildman–Crippen LogP) is -0.0447. The summed E-state index contributed by atoms with van der Waals surface area (Å²) in [6, 6.07) is 3.85. The van der Waals surface area contributed by atoms with Gasteiger partial charge < -0.3 is 10.2 Å². The van der Waals surface area contributed by atoms with Crippen LogP contribution in [0.4, 0.5) is 11.5 Å². The molecule has 1 aromatic heterocycles. The second-order valence-corrected chi connectivity index (χ2v) is 5.23. The molecule has 1 N–H and O–H groups in total. The number of hydrogen-bond donors (Lipinski definition) is 1. The monoisotopic (exact) mass is 288 g/mol. The largest absolute Gasteiger partial charge is 0.348 e. The molecule has 0 amide bonds. The molecule has 8 nitrogen and oxygen atoms in total. The Bertz CT molecular complexity index is 587. The van der Waals surface area contributed by atoms with E-state index in [1.165, 1.54) is 12.3 Å². The molecule has 2 aliphatic heterocycles. The number of rotatable bonds is 3. The fourth-order valence-electron chi connectivity index (χ4n) is 2.78. The third-order valence-corrected chi connectivity index (χ3v) is 4.10. The Labute approximate surface area is 122 Å². The fourth-order valence-corrected chi connectivity index (χ4v) is 2.78. The number of pyridine rings is 1.